The minimum absolute atomic E-state index is 0. The normalized spacial score (nSPS) is 6.75. The maximum atomic E-state index is 3.20. The van der Waals surface area contributed by atoms with Gasteiger partial charge in [-0.2, -0.15) is 0 Å². The van der Waals surface area contributed by atoms with Gasteiger partial charge in [-0.3, -0.25) is 0 Å². The first-order valence-corrected chi connectivity index (χ1v) is 2.62. The topological polar surface area (TPSA) is 82.0 Å². The van der Waals surface area contributed by atoms with Gasteiger partial charge in [-0.1, -0.05) is 13.8 Å². The first-order valence-electron chi connectivity index (χ1n) is 2.62. The van der Waals surface area contributed by atoms with Crippen molar-refractivity contribution in [1.82, 2.24) is 17.6 Å². The van der Waals surface area contributed by atoms with E-state index in [-0.39, 0.29) is 12.3 Å². The average molecular weight is 121 g/mol. The summed E-state index contributed by atoms with van der Waals surface area (Å²) in [5.41, 5.74) is 0. The Labute approximate surface area is 52.0 Å². The van der Waals surface area contributed by atoms with Gasteiger partial charge in [0.05, 0.1) is 0 Å². The van der Waals surface area contributed by atoms with Gasteiger partial charge in [-0.15, -0.1) is 0 Å². The summed E-state index contributed by atoms with van der Waals surface area (Å²) in [6, 6.07) is 0. The quantitative estimate of drug-likeness (QED) is 0.492. The SMILES string of the molecule is CCCNCC.N.N. The van der Waals surface area contributed by atoms with Crippen LogP contribution in [-0.4, -0.2) is 13.1 Å². The van der Waals surface area contributed by atoms with Crippen molar-refractivity contribution in [3.05, 3.63) is 0 Å². The highest BCUT2D eigenvalue weighted by Gasteiger charge is 1.71. The van der Waals surface area contributed by atoms with E-state index >= 15 is 0 Å². The molecule has 0 aliphatic heterocycles. The summed E-state index contributed by atoms with van der Waals surface area (Å²) in [7, 11) is 0. The van der Waals surface area contributed by atoms with Crippen LogP contribution < -0.4 is 17.6 Å². The molecule has 0 amide bonds. The zero-order chi connectivity index (χ0) is 4.83. The molecule has 0 spiro atoms. The molecule has 0 aliphatic carbocycles. The molecule has 7 N–H and O–H groups in total. The largest absolute Gasteiger partial charge is 0.344 e. The third-order valence-corrected chi connectivity index (χ3v) is 0.677. The van der Waals surface area contributed by atoms with Crippen molar-refractivity contribution in [2.75, 3.05) is 13.1 Å². The Morgan fingerprint density at radius 3 is 1.75 bits per heavy atom. The monoisotopic (exact) mass is 121 g/mol. The van der Waals surface area contributed by atoms with Crippen LogP contribution in [0.3, 0.4) is 0 Å². The zero-order valence-electron chi connectivity index (χ0n) is 6.04. The molecule has 0 unspecified atom stereocenters. The van der Waals surface area contributed by atoms with Gasteiger partial charge in [0.1, 0.15) is 0 Å². The molecule has 0 saturated heterocycles. The summed E-state index contributed by atoms with van der Waals surface area (Å²) in [5, 5.41) is 3.20. The lowest BCUT2D eigenvalue weighted by Gasteiger charge is -1.91. The molecule has 3 heteroatoms. The van der Waals surface area contributed by atoms with Crippen LogP contribution in [0.4, 0.5) is 0 Å². The van der Waals surface area contributed by atoms with Gasteiger partial charge in [0.25, 0.3) is 0 Å². The van der Waals surface area contributed by atoms with Crippen LogP contribution in [0.5, 0.6) is 0 Å². The van der Waals surface area contributed by atoms with Crippen molar-refractivity contribution >= 4 is 0 Å². The van der Waals surface area contributed by atoms with E-state index in [1.807, 2.05) is 0 Å². The minimum Gasteiger partial charge on any atom is -0.344 e. The summed E-state index contributed by atoms with van der Waals surface area (Å²) in [6.07, 6.45) is 1.24. The molecule has 0 radical (unpaired) electrons. The molecule has 0 rings (SSSR count). The van der Waals surface area contributed by atoms with Crippen LogP contribution in [0.1, 0.15) is 20.3 Å². The third kappa shape index (κ3) is 16.9. The maximum absolute atomic E-state index is 3.20. The van der Waals surface area contributed by atoms with E-state index in [0.717, 1.165) is 13.1 Å². The second-order valence-electron chi connectivity index (χ2n) is 1.35. The summed E-state index contributed by atoms with van der Waals surface area (Å²) in [4.78, 5) is 0. The fourth-order valence-electron chi connectivity index (χ4n) is 0.354. The van der Waals surface area contributed by atoms with E-state index in [9.17, 15) is 0 Å². The van der Waals surface area contributed by atoms with Crippen molar-refractivity contribution in [3.8, 4) is 0 Å². The number of hydrogen-bond acceptors (Lipinski definition) is 3. The fraction of sp³-hybridized carbons (Fsp3) is 1.00. The van der Waals surface area contributed by atoms with Gasteiger partial charge in [-0.25, -0.2) is 0 Å². The molecule has 3 nitrogen and oxygen atoms in total. The van der Waals surface area contributed by atoms with Crippen LogP contribution in [-0.2, 0) is 0 Å². The molecule has 8 heavy (non-hydrogen) atoms. The number of hydrogen-bond donors (Lipinski definition) is 3. The Kier molecular flexibility index (Phi) is 30.9. The molecule has 0 aromatic carbocycles. The summed E-state index contributed by atoms with van der Waals surface area (Å²) in [6.45, 7) is 6.56. The molecular weight excluding hydrogens is 102 g/mol. The molecule has 0 bridgehead atoms. The van der Waals surface area contributed by atoms with E-state index in [1.54, 1.807) is 0 Å². The molecule has 0 fully saturated rings. The van der Waals surface area contributed by atoms with Gasteiger partial charge < -0.3 is 17.6 Å². The standard InChI is InChI=1S/C5H13N.2H3N/c1-3-5-6-4-2;;/h6H,3-5H2,1-2H3;2*1H3. The third-order valence-electron chi connectivity index (χ3n) is 0.677. The zero-order valence-corrected chi connectivity index (χ0v) is 6.04. The van der Waals surface area contributed by atoms with Crippen LogP contribution in [0.2, 0.25) is 0 Å². The van der Waals surface area contributed by atoms with Crippen LogP contribution >= 0.6 is 0 Å². The van der Waals surface area contributed by atoms with Crippen LogP contribution in [0.15, 0.2) is 0 Å². The highest BCUT2D eigenvalue weighted by Crippen LogP contribution is 1.65. The van der Waals surface area contributed by atoms with Crippen molar-refractivity contribution in [3.63, 3.8) is 0 Å². The Balaban J connectivity index is -0.000000125. The molecule has 0 atom stereocenters. The van der Waals surface area contributed by atoms with E-state index in [2.05, 4.69) is 19.2 Å². The molecule has 54 valence electrons. The van der Waals surface area contributed by atoms with Gasteiger partial charge >= 0.3 is 0 Å². The number of nitrogens with one attached hydrogen (secondary N) is 1. The second-order valence-corrected chi connectivity index (χ2v) is 1.35. The minimum atomic E-state index is 0. The summed E-state index contributed by atoms with van der Waals surface area (Å²) < 4.78 is 0. The molecule has 0 aromatic heterocycles. The maximum Gasteiger partial charge on any atom is -0.00517 e. The van der Waals surface area contributed by atoms with Crippen molar-refractivity contribution in [2.45, 2.75) is 20.3 Å². The fourth-order valence-corrected chi connectivity index (χ4v) is 0.354. The first-order chi connectivity index (χ1) is 2.91. The smallest absolute Gasteiger partial charge is 0.00517 e. The lowest BCUT2D eigenvalue weighted by molar-refractivity contribution is 0.703. The van der Waals surface area contributed by atoms with Crippen molar-refractivity contribution in [2.24, 2.45) is 0 Å². The predicted octanol–water partition coefficient (Wildman–Crippen LogP) is 1.33. The van der Waals surface area contributed by atoms with Gasteiger partial charge in [0.15, 0.2) is 0 Å². The molecule has 0 aromatic rings. The Morgan fingerprint density at radius 1 is 1.12 bits per heavy atom. The second kappa shape index (κ2) is 15.8. The van der Waals surface area contributed by atoms with Crippen LogP contribution in [0, 0.1) is 0 Å². The average Bonchev–Trinajstić information content (AvgIpc) is 1.61. The number of rotatable bonds is 3. The lowest BCUT2D eigenvalue weighted by Crippen LogP contribution is -2.12. The van der Waals surface area contributed by atoms with Gasteiger partial charge in [-0.05, 0) is 19.5 Å². The van der Waals surface area contributed by atoms with Gasteiger partial charge in [0, 0.05) is 0 Å². The summed E-state index contributed by atoms with van der Waals surface area (Å²) >= 11 is 0. The van der Waals surface area contributed by atoms with Gasteiger partial charge in [0.2, 0.25) is 0 Å². The van der Waals surface area contributed by atoms with E-state index < -0.39 is 0 Å². The lowest BCUT2D eigenvalue weighted by atomic mass is 10.5. The first kappa shape index (κ1) is 15.7. The highest BCUT2D eigenvalue weighted by atomic mass is 14.8. The van der Waals surface area contributed by atoms with E-state index in [1.165, 1.54) is 6.42 Å². The molecule has 0 saturated carbocycles. The summed E-state index contributed by atoms with van der Waals surface area (Å²) in [5.74, 6) is 0. The molecular formula is C5H19N3. The molecule has 0 heterocycles. The van der Waals surface area contributed by atoms with Crippen molar-refractivity contribution < 1.29 is 0 Å². The Bertz CT molecular complexity index is 19.6. The van der Waals surface area contributed by atoms with E-state index in [4.69, 9.17) is 0 Å². The highest BCUT2D eigenvalue weighted by molar-refractivity contribution is 4.35. The van der Waals surface area contributed by atoms with Crippen molar-refractivity contribution in [1.29, 1.82) is 0 Å². The Hall–Kier alpha value is -0.120. The Morgan fingerprint density at radius 2 is 1.62 bits per heavy atom. The van der Waals surface area contributed by atoms with E-state index in [0.29, 0.717) is 0 Å². The van der Waals surface area contributed by atoms with Crippen LogP contribution in [0.25, 0.3) is 0 Å². The predicted molar refractivity (Wildman–Crippen MR) is 38.9 cm³/mol. The molecule has 0 aliphatic rings.